The number of carbonyl (C=O) groups is 3. The summed E-state index contributed by atoms with van der Waals surface area (Å²) in [5.41, 5.74) is -0.0720. The molecule has 0 bridgehead atoms. The molecule has 3 heterocycles. The van der Waals surface area contributed by atoms with Crippen LogP contribution in [0.2, 0.25) is 0 Å². The number of hydrogen-bond donors (Lipinski definition) is 3. The summed E-state index contributed by atoms with van der Waals surface area (Å²) in [6.45, 7) is 2.24. The standard InChI is InChI=1S/C19H23N3O5/c1-10(23)15-13-14(17(25)22(16(13)24)8-5-9-27-2)19(21-15)11-6-3-4-7-12(11)20-18(19)26/h3-4,6-7,10,13-15,21,23H,5,8-9H2,1-2H3,(H,20,26). The second-order valence-electron chi connectivity index (χ2n) is 7.40. The molecule has 3 N–H and O–H groups in total. The zero-order valence-corrected chi connectivity index (χ0v) is 15.3. The molecule has 5 atom stereocenters. The number of nitrogens with zero attached hydrogens (tertiary/aromatic N) is 1. The Morgan fingerprint density at radius 1 is 1.26 bits per heavy atom. The third kappa shape index (κ3) is 2.37. The van der Waals surface area contributed by atoms with E-state index in [2.05, 4.69) is 10.6 Å². The summed E-state index contributed by atoms with van der Waals surface area (Å²) in [4.78, 5) is 40.5. The molecular formula is C19H23N3O5. The minimum Gasteiger partial charge on any atom is -0.392 e. The van der Waals surface area contributed by atoms with Gasteiger partial charge in [0, 0.05) is 37.6 Å². The van der Waals surface area contributed by atoms with Gasteiger partial charge in [0.2, 0.25) is 17.7 Å². The van der Waals surface area contributed by atoms with E-state index < -0.39 is 29.5 Å². The number of benzene rings is 1. The first-order valence-electron chi connectivity index (χ1n) is 9.14. The first-order valence-corrected chi connectivity index (χ1v) is 9.14. The van der Waals surface area contributed by atoms with Gasteiger partial charge in [-0.05, 0) is 19.4 Å². The first kappa shape index (κ1) is 18.1. The normalized spacial score (nSPS) is 32.8. The van der Waals surface area contributed by atoms with Crippen LogP contribution in [0.5, 0.6) is 0 Å². The van der Waals surface area contributed by atoms with Crippen LogP contribution in [0.15, 0.2) is 24.3 Å². The molecule has 3 aliphatic rings. The van der Waals surface area contributed by atoms with Gasteiger partial charge in [0.15, 0.2) is 0 Å². The summed E-state index contributed by atoms with van der Waals surface area (Å²) in [6, 6.07) is 6.47. The van der Waals surface area contributed by atoms with Crippen LogP contribution in [0.3, 0.4) is 0 Å². The number of imide groups is 1. The molecule has 1 aromatic rings. The van der Waals surface area contributed by atoms with Crippen molar-refractivity contribution >= 4 is 23.4 Å². The third-order valence-electron chi connectivity index (χ3n) is 5.90. The van der Waals surface area contributed by atoms with Crippen LogP contribution in [0.4, 0.5) is 5.69 Å². The maximum absolute atomic E-state index is 13.2. The van der Waals surface area contributed by atoms with Crippen molar-refractivity contribution in [2.24, 2.45) is 11.8 Å². The number of ether oxygens (including phenoxy) is 1. The molecule has 0 aromatic heterocycles. The van der Waals surface area contributed by atoms with Gasteiger partial charge in [-0.2, -0.15) is 0 Å². The Morgan fingerprint density at radius 2 is 2.00 bits per heavy atom. The summed E-state index contributed by atoms with van der Waals surface area (Å²) in [5.74, 6) is -2.73. The average Bonchev–Trinajstić information content (AvgIpc) is 3.22. The third-order valence-corrected chi connectivity index (χ3v) is 5.90. The number of amides is 3. The van der Waals surface area contributed by atoms with Gasteiger partial charge in [-0.25, -0.2) is 0 Å². The fourth-order valence-electron chi connectivity index (χ4n) is 4.75. The zero-order chi connectivity index (χ0) is 19.3. The molecule has 8 heteroatoms. The van der Waals surface area contributed by atoms with Crippen LogP contribution in [0.25, 0.3) is 0 Å². The van der Waals surface area contributed by atoms with E-state index in [1.807, 2.05) is 0 Å². The highest BCUT2D eigenvalue weighted by Gasteiger charge is 2.70. The van der Waals surface area contributed by atoms with Crippen LogP contribution in [0.1, 0.15) is 18.9 Å². The van der Waals surface area contributed by atoms with E-state index in [0.717, 1.165) is 0 Å². The Balaban J connectivity index is 1.79. The molecule has 3 amide bonds. The Morgan fingerprint density at radius 3 is 2.70 bits per heavy atom. The van der Waals surface area contributed by atoms with Crippen LogP contribution in [0, 0.1) is 11.8 Å². The minimum absolute atomic E-state index is 0.240. The largest absolute Gasteiger partial charge is 0.392 e. The molecule has 3 aliphatic heterocycles. The Bertz CT molecular complexity index is 810. The summed E-state index contributed by atoms with van der Waals surface area (Å²) in [7, 11) is 1.56. The van der Waals surface area contributed by atoms with Crippen LogP contribution >= 0.6 is 0 Å². The lowest BCUT2D eigenvalue weighted by molar-refractivity contribution is -0.143. The summed E-state index contributed by atoms with van der Waals surface area (Å²) in [5, 5.41) is 16.3. The molecule has 144 valence electrons. The Labute approximate surface area is 156 Å². The number of rotatable bonds is 5. The van der Waals surface area contributed by atoms with Crippen LogP contribution < -0.4 is 10.6 Å². The molecule has 4 rings (SSSR count). The van der Waals surface area contributed by atoms with E-state index in [-0.39, 0.29) is 24.3 Å². The van der Waals surface area contributed by atoms with Crippen molar-refractivity contribution in [2.45, 2.75) is 31.0 Å². The van der Waals surface area contributed by atoms with Gasteiger partial charge < -0.3 is 15.2 Å². The van der Waals surface area contributed by atoms with Gasteiger partial charge in [-0.3, -0.25) is 24.6 Å². The molecule has 0 radical (unpaired) electrons. The van der Waals surface area contributed by atoms with Crippen molar-refractivity contribution < 1.29 is 24.2 Å². The summed E-state index contributed by atoms with van der Waals surface area (Å²) >= 11 is 0. The molecule has 2 saturated heterocycles. The highest BCUT2D eigenvalue weighted by molar-refractivity contribution is 6.15. The monoisotopic (exact) mass is 373 g/mol. The molecule has 5 unspecified atom stereocenters. The van der Waals surface area contributed by atoms with Gasteiger partial charge in [0.25, 0.3) is 0 Å². The number of carbonyl (C=O) groups excluding carboxylic acids is 3. The summed E-state index contributed by atoms with van der Waals surface area (Å²) < 4.78 is 5.02. The molecule has 0 aliphatic carbocycles. The van der Waals surface area contributed by atoms with E-state index in [4.69, 9.17) is 4.74 Å². The lowest BCUT2D eigenvalue weighted by Crippen LogP contribution is -2.54. The number of aliphatic hydroxyl groups excluding tert-OH is 1. The average molecular weight is 373 g/mol. The molecule has 27 heavy (non-hydrogen) atoms. The van der Waals surface area contributed by atoms with Crippen LogP contribution in [-0.4, -0.2) is 60.1 Å². The van der Waals surface area contributed by atoms with E-state index in [9.17, 15) is 19.5 Å². The van der Waals surface area contributed by atoms with Gasteiger partial charge in [0.05, 0.1) is 17.9 Å². The highest BCUT2D eigenvalue weighted by Crippen LogP contribution is 2.53. The number of fused-ring (bicyclic) bond motifs is 4. The Kier molecular flexibility index (Phi) is 4.29. The smallest absolute Gasteiger partial charge is 0.250 e. The van der Waals surface area contributed by atoms with Crippen molar-refractivity contribution in [1.82, 2.24) is 10.2 Å². The van der Waals surface area contributed by atoms with E-state index in [1.165, 1.54) is 4.90 Å². The number of hydrogen-bond acceptors (Lipinski definition) is 6. The van der Waals surface area contributed by atoms with Gasteiger partial charge in [-0.1, -0.05) is 18.2 Å². The SMILES string of the molecule is COCCCN1C(=O)C2C(C(C)O)NC3(C(=O)Nc4ccccc43)C2C1=O. The van der Waals surface area contributed by atoms with Crippen molar-refractivity contribution in [3.05, 3.63) is 29.8 Å². The van der Waals surface area contributed by atoms with E-state index >= 15 is 0 Å². The van der Waals surface area contributed by atoms with Gasteiger partial charge in [-0.15, -0.1) is 0 Å². The molecule has 0 saturated carbocycles. The zero-order valence-electron chi connectivity index (χ0n) is 15.3. The Hall–Kier alpha value is -2.29. The maximum Gasteiger partial charge on any atom is 0.250 e. The fourth-order valence-corrected chi connectivity index (χ4v) is 4.75. The number of para-hydroxylation sites is 1. The molecule has 2 fully saturated rings. The van der Waals surface area contributed by atoms with Crippen molar-refractivity contribution in [3.8, 4) is 0 Å². The van der Waals surface area contributed by atoms with E-state index in [0.29, 0.717) is 24.3 Å². The maximum atomic E-state index is 13.2. The van der Waals surface area contributed by atoms with Gasteiger partial charge in [0.1, 0.15) is 5.54 Å². The molecular weight excluding hydrogens is 350 g/mol. The second kappa shape index (κ2) is 6.40. The van der Waals surface area contributed by atoms with Crippen molar-refractivity contribution in [3.63, 3.8) is 0 Å². The summed E-state index contributed by atoms with van der Waals surface area (Å²) in [6.07, 6.45) is -0.371. The fraction of sp³-hybridized carbons (Fsp3) is 0.526. The number of anilines is 1. The highest BCUT2D eigenvalue weighted by atomic mass is 16.5. The second-order valence-corrected chi connectivity index (χ2v) is 7.40. The van der Waals surface area contributed by atoms with Crippen molar-refractivity contribution in [1.29, 1.82) is 0 Å². The number of likely N-dealkylation sites (tertiary alicyclic amines) is 1. The predicted octanol–water partition coefficient (Wildman–Crippen LogP) is -0.176. The minimum atomic E-state index is -1.34. The molecule has 1 spiro atoms. The number of methoxy groups -OCH3 is 1. The number of nitrogens with one attached hydrogen (secondary N) is 2. The quantitative estimate of drug-likeness (QED) is 0.488. The molecule has 8 nitrogen and oxygen atoms in total. The van der Waals surface area contributed by atoms with Crippen LogP contribution in [-0.2, 0) is 24.7 Å². The topological polar surface area (TPSA) is 108 Å². The van der Waals surface area contributed by atoms with Gasteiger partial charge >= 0.3 is 0 Å². The number of aliphatic hydroxyl groups is 1. The first-order chi connectivity index (χ1) is 12.9. The lowest BCUT2D eigenvalue weighted by Gasteiger charge is -2.30. The molecule has 1 aromatic carbocycles. The van der Waals surface area contributed by atoms with Crippen molar-refractivity contribution in [2.75, 3.05) is 25.6 Å². The van der Waals surface area contributed by atoms with E-state index in [1.54, 1.807) is 38.3 Å². The lowest BCUT2D eigenvalue weighted by atomic mass is 9.76. The predicted molar refractivity (Wildman–Crippen MR) is 95.5 cm³/mol.